The molecule has 4 nitrogen and oxygen atoms in total. The third-order valence-electron chi connectivity index (χ3n) is 9.81. The third-order valence-corrected chi connectivity index (χ3v) is 9.81. The molecule has 0 saturated heterocycles. The summed E-state index contributed by atoms with van der Waals surface area (Å²) in [6.45, 7) is 11.7. The number of benzene rings is 1. The van der Waals surface area contributed by atoms with Crippen molar-refractivity contribution in [3.63, 3.8) is 0 Å². The van der Waals surface area contributed by atoms with Gasteiger partial charge >= 0.3 is 0 Å². The molecule has 2 saturated carbocycles. The minimum absolute atomic E-state index is 0.139. The van der Waals surface area contributed by atoms with E-state index in [9.17, 15) is 10.5 Å². The van der Waals surface area contributed by atoms with Crippen molar-refractivity contribution < 1.29 is 4.74 Å². The number of rotatable bonds is 3. The van der Waals surface area contributed by atoms with Crippen molar-refractivity contribution >= 4 is 11.8 Å². The zero-order valence-electron chi connectivity index (χ0n) is 22.6. The minimum atomic E-state index is 0.139. The van der Waals surface area contributed by atoms with Crippen LogP contribution in [0.3, 0.4) is 0 Å². The van der Waals surface area contributed by atoms with E-state index in [0.717, 1.165) is 44.0 Å². The molecule has 1 aromatic carbocycles. The van der Waals surface area contributed by atoms with Gasteiger partial charge in [-0.25, -0.2) is 0 Å². The molecule has 1 aromatic rings. The highest BCUT2D eigenvalue weighted by Gasteiger charge is 2.43. The lowest BCUT2D eigenvalue weighted by molar-refractivity contribution is 0.218. The van der Waals surface area contributed by atoms with E-state index in [2.05, 4.69) is 62.9 Å². The fourth-order valence-electron chi connectivity index (χ4n) is 7.44. The summed E-state index contributed by atoms with van der Waals surface area (Å²) in [5, 5.41) is 19.1. The Kier molecular flexibility index (Phi) is 5.65. The maximum Gasteiger partial charge on any atom is 0.137 e. The van der Waals surface area contributed by atoms with Crippen LogP contribution in [0.25, 0.3) is 6.08 Å². The number of nitrogens with zero attached hydrogens (tertiary/aromatic N) is 3. The van der Waals surface area contributed by atoms with Gasteiger partial charge in [-0.05, 0) is 102 Å². The van der Waals surface area contributed by atoms with Gasteiger partial charge in [-0.15, -0.1) is 0 Å². The van der Waals surface area contributed by atoms with Gasteiger partial charge in [0.1, 0.15) is 29.2 Å². The lowest BCUT2D eigenvalue weighted by Crippen LogP contribution is -2.44. The van der Waals surface area contributed by atoms with Crippen molar-refractivity contribution in [1.29, 1.82) is 10.5 Å². The highest BCUT2D eigenvalue weighted by atomic mass is 16.5. The van der Waals surface area contributed by atoms with Crippen molar-refractivity contribution in [2.75, 3.05) is 18.0 Å². The number of hydrogen-bond donors (Lipinski definition) is 0. The molecular weight excluding hydrogens is 454 g/mol. The van der Waals surface area contributed by atoms with Gasteiger partial charge in [-0.3, -0.25) is 0 Å². The molecule has 0 amide bonds. The summed E-state index contributed by atoms with van der Waals surface area (Å²) in [7, 11) is 0. The molecule has 5 aliphatic rings. The van der Waals surface area contributed by atoms with Crippen LogP contribution < -0.4 is 4.90 Å². The van der Waals surface area contributed by atoms with Crippen LogP contribution >= 0.6 is 0 Å². The van der Waals surface area contributed by atoms with Crippen LogP contribution in [0.2, 0.25) is 0 Å². The smallest absolute Gasteiger partial charge is 0.137 e. The van der Waals surface area contributed by atoms with Crippen molar-refractivity contribution in [1.82, 2.24) is 0 Å². The molecule has 3 heterocycles. The molecule has 0 aromatic heterocycles. The van der Waals surface area contributed by atoms with Gasteiger partial charge in [0.2, 0.25) is 0 Å². The molecule has 0 N–H and O–H groups in total. The molecule has 0 radical (unpaired) electrons. The molecule has 6 rings (SSSR count). The molecule has 2 aliphatic carbocycles. The van der Waals surface area contributed by atoms with E-state index in [1.54, 1.807) is 0 Å². The Morgan fingerprint density at radius 3 is 2.19 bits per heavy atom. The first-order valence-electron chi connectivity index (χ1n) is 14.0. The molecule has 2 fully saturated rings. The van der Waals surface area contributed by atoms with Crippen LogP contribution in [0, 0.1) is 40.4 Å². The fourth-order valence-corrected chi connectivity index (χ4v) is 7.44. The Bertz CT molecular complexity index is 1300. The second-order valence-electron chi connectivity index (χ2n) is 13.1. The fraction of sp³-hybridized carbons (Fsp3) is 0.515. The van der Waals surface area contributed by atoms with E-state index in [0.29, 0.717) is 23.2 Å². The van der Waals surface area contributed by atoms with E-state index in [4.69, 9.17) is 4.74 Å². The molecule has 3 unspecified atom stereocenters. The van der Waals surface area contributed by atoms with Crippen LogP contribution in [0.1, 0.15) is 82.9 Å². The quantitative estimate of drug-likeness (QED) is 0.412. The van der Waals surface area contributed by atoms with Gasteiger partial charge in [0, 0.05) is 30.3 Å². The topological polar surface area (TPSA) is 60.0 Å². The molecule has 37 heavy (non-hydrogen) atoms. The van der Waals surface area contributed by atoms with Crippen molar-refractivity contribution in [3.05, 3.63) is 69.7 Å². The minimum Gasteiger partial charge on any atom is -0.461 e. The van der Waals surface area contributed by atoms with Crippen molar-refractivity contribution in [3.8, 4) is 12.1 Å². The van der Waals surface area contributed by atoms with Gasteiger partial charge in [-0.1, -0.05) is 40.2 Å². The van der Waals surface area contributed by atoms with E-state index in [1.807, 2.05) is 18.2 Å². The first-order chi connectivity index (χ1) is 17.7. The average Bonchev–Trinajstić information content (AvgIpc) is 3.51. The Labute approximate surface area is 221 Å². The maximum atomic E-state index is 9.57. The zero-order chi connectivity index (χ0) is 25.9. The molecular formula is C33H37N3O. The molecule has 4 heteroatoms. The number of allylic oxidation sites excluding steroid dienone is 6. The van der Waals surface area contributed by atoms with Crippen LogP contribution in [-0.2, 0) is 15.6 Å². The van der Waals surface area contributed by atoms with E-state index in [1.165, 1.54) is 41.6 Å². The van der Waals surface area contributed by atoms with Gasteiger partial charge in [0.25, 0.3) is 0 Å². The Balaban J connectivity index is 1.37. The largest absolute Gasteiger partial charge is 0.461 e. The van der Waals surface area contributed by atoms with Crippen molar-refractivity contribution in [2.45, 2.75) is 77.0 Å². The van der Waals surface area contributed by atoms with Crippen molar-refractivity contribution in [2.24, 2.45) is 17.8 Å². The first kappa shape index (κ1) is 24.1. The molecule has 3 atom stereocenters. The lowest BCUT2D eigenvalue weighted by Gasteiger charge is -2.48. The molecule has 3 aliphatic heterocycles. The second-order valence-corrected chi connectivity index (χ2v) is 13.1. The summed E-state index contributed by atoms with van der Waals surface area (Å²) >= 11 is 0. The molecule has 0 spiro atoms. The molecule has 190 valence electrons. The Morgan fingerprint density at radius 2 is 1.62 bits per heavy atom. The molecule has 2 bridgehead atoms. The second kappa shape index (κ2) is 8.66. The Hall–Kier alpha value is -3.24. The standard InChI is InChI=1S/C33H37N3O/c1-32(2)9-11-36-12-10-33(3,4)29-16-22(15-28(32)31(29)36)6-8-26-17-24(25(19-34)20-35)18-30(37-26)27-14-21-5-7-23(27)13-21/h6,8,15-18,21,23,27H,5,7,9-14H2,1-4H3/b8-6+. The Morgan fingerprint density at radius 1 is 0.946 bits per heavy atom. The number of hydrogen-bond acceptors (Lipinski definition) is 4. The summed E-state index contributed by atoms with van der Waals surface area (Å²) in [6.07, 6.45) is 15.3. The monoisotopic (exact) mass is 491 g/mol. The first-order valence-corrected chi connectivity index (χ1v) is 14.0. The van der Waals surface area contributed by atoms with Crippen LogP contribution in [0.15, 0.2) is 53.0 Å². The van der Waals surface area contributed by atoms with E-state index in [-0.39, 0.29) is 16.4 Å². The van der Waals surface area contributed by atoms with Gasteiger partial charge in [0.15, 0.2) is 0 Å². The van der Waals surface area contributed by atoms with Crippen LogP contribution in [0.5, 0.6) is 0 Å². The van der Waals surface area contributed by atoms with E-state index >= 15 is 0 Å². The van der Waals surface area contributed by atoms with Crippen LogP contribution in [0.4, 0.5) is 5.69 Å². The highest BCUT2D eigenvalue weighted by Crippen LogP contribution is 2.52. The summed E-state index contributed by atoms with van der Waals surface area (Å²) in [5.41, 5.74) is 6.64. The summed E-state index contributed by atoms with van der Waals surface area (Å²) in [4.78, 5) is 2.59. The van der Waals surface area contributed by atoms with Gasteiger partial charge in [0.05, 0.1) is 0 Å². The van der Waals surface area contributed by atoms with Crippen LogP contribution in [-0.4, -0.2) is 13.1 Å². The maximum absolute atomic E-state index is 9.57. The number of fused-ring (bicyclic) bond motifs is 2. The predicted octanol–water partition coefficient (Wildman–Crippen LogP) is 7.45. The zero-order valence-corrected chi connectivity index (χ0v) is 22.6. The number of nitriles is 2. The summed E-state index contributed by atoms with van der Waals surface area (Å²) < 4.78 is 6.47. The highest BCUT2D eigenvalue weighted by molar-refractivity contribution is 5.72. The normalized spacial score (nSPS) is 28.6. The summed E-state index contributed by atoms with van der Waals surface area (Å²) in [6, 6.07) is 8.90. The summed E-state index contributed by atoms with van der Waals surface area (Å²) in [5.74, 6) is 3.50. The number of ether oxygens (including phenoxy) is 1. The van der Waals surface area contributed by atoms with Gasteiger partial charge < -0.3 is 9.64 Å². The van der Waals surface area contributed by atoms with E-state index < -0.39 is 0 Å². The SMILES string of the molecule is CC1(C)CCN2CCC(C)(C)c3cc(/C=C/C4=CC(=C(C#N)C#N)C=C(C5CC6CCC5C6)O4)cc1c32. The van der Waals surface area contributed by atoms with Gasteiger partial charge in [-0.2, -0.15) is 10.5 Å². The predicted molar refractivity (Wildman–Crippen MR) is 147 cm³/mol. The number of anilines is 1. The third kappa shape index (κ3) is 4.12. The average molecular weight is 492 g/mol. The lowest BCUT2D eigenvalue weighted by atomic mass is 9.69.